The highest BCUT2D eigenvalue weighted by Crippen LogP contribution is 2.33. The van der Waals surface area contributed by atoms with Crippen molar-refractivity contribution in [3.63, 3.8) is 0 Å². The molecule has 0 aromatic heterocycles. The standard InChI is InChI=1S/C20H37N2O12PS/c1-15(23)22-19(14-36-13-18(34-17(3)25)12-33-16(2)24)20(26)21-4-5-30-6-7-31-8-9-32-10-11-35(27,28)29/h18-19H,4-14H2,1-3H3,(H,21,26)(H,22,23)(H2,27,28,29)/t18-,19+/m1/s1. The Morgan fingerprint density at radius 1 is 0.861 bits per heavy atom. The zero-order chi connectivity index (χ0) is 27.4. The number of ether oxygens (including phenoxy) is 5. The fourth-order valence-corrected chi connectivity index (χ4v) is 3.80. The highest BCUT2D eigenvalue weighted by molar-refractivity contribution is 7.99. The summed E-state index contributed by atoms with van der Waals surface area (Å²) in [5.74, 6) is -1.37. The molecule has 4 N–H and O–H groups in total. The van der Waals surface area contributed by atoms with E-state index in [0.29, 0.717) is 0 Å². The van der Waals surface area contributed by atoms with E-state index < -0.39 is 37.6 Å². The second-order valence-electron chi connectivity index (χ2n) is 7.34. The molecule has 0 unspecified atom stereocenters. The number of amides is 2. The van der Waals surface area contributed by atoms with Gasteiger partial charge in [0.1, 0.15) is 18.8 Å². The van der Waals surface area contributed by atoms with Crippen LogP contribution in [0.3, 0.4) is 0 Å². The summed E-state index contributed by atoms with van der Waals surface area (Å²) in [6.07, 6.45) is -1.02. The zero-order valence-electron chi connectivity index (χ0n) is 20.8. The normalized spacial score (nSPS) is 12.9. The molecule has 0 saturated carbocycles. The summed E-state index contributed by atoms with van der Waals surface area (Å²) in [6, 6.07) is -0.826. The van der Waals surface area contributed by atoms with Crippen molar-refractivity contribution < 1.29 is 57.2 Å². The minimum absolute atomic E-state index is 0.0527. The summed E-state index contributed by atoms with van der Waals surface area (Å²) in [6.45, 7) is 5.01. The number of hydrogen-bond donors (Lipinski definition) is 4. The van der Waals surface area contributed by atoms with E-state index in [1.807, 2.05) is 0 Å². The third-order valence-corrected chi connectivity index (χ3v) is 5.85. The minimum Gasteiger partial charge on any atom is -0.462 e. The Kier molecular flexibility index (Phi) is 19.3. The van der Waals surface area contributed by atoms with Crippen LogP contribution in [0.4, 0.5) is 0 Å². The van der Waals surface area contributed by atoms with Gasteiger partial charge in [-0.15, -0.1) is 0 Å². The molecule has 0 saturated heterocycles. The molecule has 0 fully saturated rings. The average Bonchev–Trinajstić information content (AvgIpc) is 2.75. The van der Waals surface area contributed by atoms with Crippen LogP contribution < -0.4 is 10.6 Å². The second-order valence-corrected chi connectivity index (χ2v) is 10.2. The van der Waals surface area contributed by atoms with Crippen molar-refractivity contribution in [3.8, 4) is 0 Å². The molecule has 0 aliphatic heterocycles. The van der Waals surface area contributed by atoms with Crippen molar-refractivity contribution in [2.75, 3.05) is 70.5 Å². The van der Waals surface area contributed by atoms with Gasteiger partial charge in [0.05, 0.1) is 45.8 Å². The van der Waals surface area contributed by atoms with Crippen LogP contribution in [0, 0.1) is 0 Å². The Hall–Kier alpha value is -1.74. The molecule has 2 amide bonds. The van der Waals surface area contributed by atoms with E-state index in [0.717, 1.165) is 0 Å². The molecule has 0 heterocycles. The van der Waals surface area contributed by atoms with E-state index in [1.54, 1.807) is 0 Å². The minimum atomic E-state index is -4.05. The zero-order valence-corrected chi connectivity index (χ0v) is 22.5. The van der Waals surface area contributed by atoms with Crippen LogP contribution in [-0.2, 0) is 47.4 Å². The third kappa shape index (κ3) is 22.7. The van der Waals surface area contributed by atoms with Gasteiger partial charge in [0.15, 0.2) is 0 Å². The van der Waals surface area contributed by atoms with Crippen LogP contribution in [0.5, 0.6) is 0 Å². The van der Waals surface area contributed by atoms with Crippen LogP contribution in [0.15, 0.2) is 0 Å². The van der Waals surface area contributed by atoms with Crippen molar-refractivity contribution >= 4 is 43.1 Å². The van der Waals surface area contributed by atoms with E-state index in [2.05, 4.69) is 10.6 Å². The fourth-order valence-electron chi connectivity index (χ4n) is 2.40. The summed E-state index contributed by atoms with van der Waals surface area (Å²) >= 11 is 1.25. The quantitative estimate of drug-likeness (QED) is 0.0764. The lowest BCUT2D eigenvalue weighted by atomic mass is 10.3. The summed E-state index contributed by atoms with van der Waals surface area (Å²) in [4.78, 5) is 63.5. The Morgan fingerprint density at radius 3 is 1.97 bits per heavy atom. The monoisotopic (exact) mass is 560 g/mol. The Labute approximate surface area is 214 Å². The Bertz CT molecular complexity index is 721. The maximum atomic E-state index is 12.4. The van der Waals surface area contributed by atoms with E-state index in [-0.39, 0.29) is 76.4 Å². The van der Waals surface area contributed by atoms with Crippen molar-refractivity contribution in [3.05, 3.63) is 0 Å². The molecule has 0 aliphatic rings. The molecule has 0 rings (SSSR count). The second kappa shape index (κ2) is 20.3. The van der Waals surface area contributed by atoms with E-state index in [4.69, 9.17) is 33.5 Å². The summed E-state index contributed by atoms with van der Waals surface area (Å²) in [5, 5.41) is 5.23. The van der Waals surface area contributed by atoms with Crippen molar-refractivity contribution in [1.82, 2.24) is 10.6 Å². The molecule has 0 bridgehead atoms. The third-order valence-electron chi connectivity index (χ3n) is 3.90. The Morgan fingerprint density at radius 2 is 1.44 bits per heavy atom. The lowest BCUT2D eigenvalue weighted by Gasteiger charge is -2.20. The SMILES string of the molecule is CC(=O)N[C@@H](CSC[C@@H](COC(C)=O)OC(C)=O)C(=O)NCCOCCOCCOCCP(=O)(O)O. The van der Waals surface area contributed by atoms with E-state index in [1.165, 1.54) is 32.5 Å². The average molecular weight is 561 g/mol. The smallest absolute Gasteiger partial charge is 0.327 e. The molecule has 14 nitrogen and oxygen atoms in total. The van der Waals surface area contributed by atoms with Gasteiger partial charge in [-0.3, -0.25) is 23.7 Å². The van der Waals surface area contributed by atoms with E-state index in [9.17, 15) is 23.7 Å². The first-order valence-corrected chi connectivity index (χ1v) is 14.1. The first-order chi connectivity index (χ1) is 16.9. The van der Waals surface area contributed by atoms with Gasteiger partial charge < -0.3 is 44.1 Å². The van der Waals surface area contributed by atoms with Crippen molar-refractivity contribution in [2.45, 2.75) is 32.9 Å². The molecule has 36 heavy (non-hydrogen) atoms. The lowest BCUT2D eigenvalue weighted by molar-refractivity contribution is -0.154. The Balaban J connectivity index is 4.11. The molecule has 210 valence electrons. The summed E-state index contributed by atoms with van der Waals surface area (Å²) < 4.78 is 36.3. The molecule has 0 aliphatic carbocycles. The highest BCUT2D eigenvalue weighted by Gasteiger charge is 2.21. The number of rotatable bonds is 21. The first kappa shape index (κ1) is 34.3. The molecule has 2 atom stereocenters. The molecule has 0 aromatic carbocycles. The number of hydrogen-bond acceptors (Lipinski definition) is 11. The predicted octanol–water partition coefficient (Wildman–Crippen LogP) is -0.937. The number of carbonyl (C=O) groups excluding carboxylic acids is 4. The van der Waals surface area contributed by atoms with Gasteiger partial charge in [0.25, 0.3) is 0 Å². The predicted molar refractivity (Wildman–Crippen MR) is 129 cm³/mol. The summed E-state index contributed by atoms with van der Waals surface area (Å²) in [5.41, 5.74) is 0. The molecule has 0 spiro atoms. The molecule has 0 aromatic rings. The van der Waals surface area contributed by atoms with Crippen LogP contribution >= 0.6 is 19.4 Å². The first-order valence-electron chi connectivity index (χ1n) is 11.1. The number of esters is 2. The van der Waals surface area contributed by atoms with Gasteiger partial charge in [0.2, 0.25) is 11.8 Å². The number of nitrogens with one attached hydrogen (secondary N) is 2. The fraction of sp³-hybridized carbons (Fsp3) is 0.800. The van der Waals surface area contributed by atoms with Crippen LogP contribution in [0.2, 0.25) is 0 Å². The molecular weight excluding hydrogens is 523 g/mol. The number of thioether (sulfide) groups is 1. The largest absolute Gasteiger partial charge is 0.462 e. The topological polar surface area (TPSA) is 196 Å². The van der Waals surface area contributed by atoms with Gasteiger partial charge in [-0.25, -0.2) is 0 Å². The van der Waals surface area contributed by atoms with Crippen molar-refractivity contribution in [2.24, 2.45) is 0 Å². The van der Waals surface area contributed by atoms with Crippen LogP contribution in [0.1, 0.15) is 20.8 Å². The van der Waals surface area contributed by atoms with Gasteiger partial charge in [-0.05, 0) is 0 Å². The molecule has 0 radical (unpaired) electrons. The van der Waals surface area contributed by atoms with Crippen LogP contribution in [-0.4, -0.2) is 116 Å². The van der Waals surface area contributed by atoms with Gasteiger partial charge in [0, 0.05) is 38.8 Å². The number of carbonyl (C=O) groups is 4. The van der Waals surface area contributed by atoms with Gasteiger partial charge >= 0.3 is 19.5 Å². The van der Waals surface area contributed by atoms with Crippen molar-refractivity contribution in [1.29, 1.82) is 0 Å². The van der Waals surface area contributed by atoms with E-state index >= 15 is 0 Å². The molecule has 16 heteroatoms. The van der Waals surface area contributed by atoms with Crippen LogP contribution in [0.25, 0.3) is 0 Å². The van der Waals surface area contributed by atoms with Gasteiger partial charge in [-0.2, -0.15) is 11.8 Å². The maximum absolute atomic E-state index is 12.4. The molecular formula is C20H37N2O12PS. The van der Waals surface area contributed by atoms with Gasteiger partial charge in [-0.1, -0.05) is 0 Å². The highest BCUT2D eigenvalue weighted by atomic mass is 32.2. The summed E-state index contributed by atoms with van der Waals surface area (Å²) in [7, 11) is -4.05. The lowest BCUT2D eigenvalue weighted by Crippen LogP contribution is -2.48. The maximum Gasteiger partial charge on any atom is 0.327 e.